The standard InChI is InChI=1S/C10H16N4/c1-3-4-9-13-5-6-14(9)8-10(2,12)7-11/h5-6H,3-4,8,12H2,1-2H3. The lowest BCUT2D eigenvalue weighted by Gasteiger charge is -2.17. The Hall–Kier alpha value is -1.34. The molecule has 1 atom stereocenters. The van der Waals surface area contributed by atoms with Gasteiger partial charge < -0.3 is 10.3 Å². The number of hydrogen-bond acceptors (Lipinski definition) is 3. The predicted molar refractivity (Wildman–Crippen MR) is 54.4 cm³/mol. The molecule has 2 N–H and O–H groups in total. The van der Waals surface area contributed by atoms with E-state index in [0.717, 1.165) is 18.7 Å². The van der Waals surface area contributed by atoms with Crippen molar-refractivity contribution in [2.24, 2.45) is 5.73 Å². The van der Waals surface area contributed by atoms with Crippen molar-refractivity contribution in [1.82, 2.24) is 9.55 Å². The number of rotatable bonds is 4. The molecule has 0 fully saturated rings. The minimum absolute atomic E-state index is 0.499. The molecule has 4 heteroatoms. The van der Waals surface area contributed by atoms with Gasteiger partial charge in [0.25, 0.3) is 0 Å². The van der Waals surface area contributed by atoms with Crippen molar-refractivity contribution in [3.63, 3.8) is 0 Å². The van der Waals surface area contributed by atoms with Gasteiger partial charge in [0.05, 0.1) is 12.6 Å². The molecule has 0 aliphatic carbocycles. The second-order valence-corrected chi connectivity index (χ2v) is 3.75. The van der Waals surface area contributed by atoms with Gasteiger partial charge in [0.1, 0.15) is 11.4 Å². The van der Waals surface area contributed by atoms with E-state index < -0.39 is 5.54 Å². The van der Waals surface area contributed by atoms with Crippen LogP contribution >= 0.6 is 0 Å². The second-order valence-electron chi connectivity index (χ2n) is 3.75. The normalized spacial score (nSPS) is 14.7. The van der Waals surface area contributed by atoms with E-state index in [-0.39, 0.29) is 0 Å². The Morgan fingerprint density at radius 2 is 2.43 bits per heavy atom. The average Bonchev–Trinajstić information content (AvgIpc) is 2.53. The number of nitrogens with two attached hydrogens (primary N) is 1. The van der Waals surface area contributed by atoms with Gasteiger partial charge >= 0.3 is 0 Å². The Balaban J connectivity index is 2.77. The molecule has 1 heterocycles. The predicted octanol–water partition coefficient (Wildman–Crippen LogP) is 1.08. The van der Waals surface area contributed by atoms with Crippen molar-refractivity contribution in [2.45, 2.75) is 38.8 Å². The topological polar surface area (TPSA) is 67.6 Å². The zero-order chi connectivity index (χ0) is 10.6. The monoisotopic (exact) mass is 192 g/mol. The number of aryl methyl sites for hydroxylation is 1. The van der Waals surface area contributed by atoms with Gasteiger partial charge in [-0.2, -0.15) is 5.26 Å². The fourth-order valence-corrected chi connectivity index (χ4v) is 1.32. The minimum atomic E-state index is -0.816. The summed E-state index contributed by atoms with van der Waals surface area (Å²) in [5.74, 6) is 0.999. The van der Waals surface area contributed by atoms with Crippen LogP contribution in [0.4, 0.5) is 0 Å². The van der Waals surface area contributed by atoms with E-state index in [1.54, 1.807) is 13.1 Å². The highest BCUT2D eigenvalue weighted by Gasteiger charge is 2.19. The molecule has 0 bridgehead atoms. The third kappa shape index (κ3) is 2.57. The van der Waals surface area contributed by atoms with Crippen LogP contribution in [0.5, 0.6) is 0 Å². The summed E-state index contributed by atoms with van der Waals surface area (Å²) in [6.07, 6.45) is 5.59. The molecule has 1 unspecified atom stereocenters. The molecule has 14 heavy (non-hydrogen) atoms. The minimum Gasteiger partial charge on any atom is -0.332 e. The summed E-state index contributed by atoms with van der Waals surface area (Å²) >= 11 is 0. The van der Waals surface area contributed by atoms with Crippen LogP contribution in [0.15, 0.2) is 12.4 Å². The molecule has 4 nitrogen and oxygen atoms in total. The maximum atomic E-state index is 8.80. The van der Waals surface area contributed by atoms with Crippen molar-refractivity contribution in [3.8, 4) is 6.07 Å². The first kappa shape index (κ1) is 10.7. The molecular weight excluding hydrogens is 176 g/mol. The van der Waals surface area contributed by atoms with Crippen LogP contribution < -0.4 is 5.73 Å². The summed E-state index contributed by atoms with van der Waals surface area (Å²) < 4.78 is 1.95. The first-order valence-electron chi connectivity index (χ1n) is 4.79. The Bertz CT molecular complexity index is 332. The van der Waals surface area contributed by atoms with E-state index in [4.69, 9.17) is 11.0 Å². The largest absolute Gasteiger partial charge is 0.332 e. The highest BCUT2D eigenvalue weighted by molar-refractivity contribution is 5.04. The third-order valence-electron chi connectivity index (χ3n) is 2.03. The molecule has 0 saturated heterocycles. The zero-order valence-corrected chi connectivity index (χ0v) is 8.70. The van der Waals surface area contributed by atoms with Crippen molar-refractivity contribution in [1.29, 1.82) is 5.26 Å². The fourth-order valence-electron chi connectivity index (χ4n) is 1.32. The lowest BCUT2D eigenvalue weighted by Crippen LogP contribution is -2.39. The van der Waals surface area contributed by atoms with Gasteiger partial charge in [-0.15, -0.1) is 0 Å². The lowest BCUT2D eigenvalue weighted by atomic mass is 10.1. The average molecular weight is 192 g/mol. The number of nitrogens with zero attached hydrogens (tertiary/aromatic N) is 3. The van der Waals surface area contributed by atoms with Crippen LogP contribution in [0, 0.1) is 11.3 Å². The highest BCUT2D eigenvalue weighted by atomic mass is 15.1. The van der Waals surface area contributed by atoms with Crippen molar-refractivity contribution in [2.75, 3.05) is 0 Å². The quantitative estimate of drug-likeness (QED) is 0.776. The van der Waals surface area contributed by atoms with E-state index >= 15 is 0 Å². The summed E-state index contributed by atoms with van der Waals surface area (Å²) in [5.41, 5.74) is 4.95. The van der Waals surface area contributed by atoms with Crippen LogP contribution in [-0.2, 0) is 13.0 Å². The molecular formula is C10H16N4. The van der Waals surface area contributed by atoms with E-state index in [1.165, 1.54) is 0 Å². The number of hydrogen-bond donors (Lipinski definition) is 1. The van der Waals surface area contributed by atoms with Crippen LogP contribution in [0.2, 0.25) is 0 Å². The molecule has 0 amide bonds. The Morgan fingerprint density at radius 1 is 1.71 bits per heavy atom. The fraction of sp³-hybridized carbons (Fsp3) is 0.600. The Kier molecular flexibility index (Phi) is 3.26. The van der Waals surface area contributed by atoms with Gasteiger partial charge in [-0.3, -0.25) is 0 Å². The molecule has 0 aliphatic rings. The van der Waals surface area contributed by atoms with Crippen LogP contribution in [0.25, 0.3) is 0 Å². The SMILES string of the molecule is CCCc1nccn1CC(C)(N)C#N. The highest BCUT2D eigenvalue weighted by Crippen LogP contribution is 2.07. The zero-order valence-electron chi connectivity index (χ0n) is 8.70. The maximum Gasteiger partial charge on any atom is 0.119 e. The summed E-state index contributed by atoms with van der Waals surface area (Å²) in [4.78, 5) is 4.22. The van der Waals surface area contributed by atoms with Gasteiger partial charge in [0.2, 0.25) is 0 Å². The lowest BCUT2D eigenvalue weighted by molar-refractivity contribution is 0.479. The number of imidazole rings is 1. The molecule has 1 aromatic heterocycles. The second kappa shape index (κ2) is 4.25. The number of aromatic nitrogens is 2. The summed E-state index contributed by atoms with van der Waals surface area (Å²) in [5, 5.41) is 8.80. The first-order chi connectivity index (χ1) is 6.59. The van der Waals surface area contributed by atoms with Gasteiger partial charge in [-0.05, 0) is 13.3 Å². The molecule has 1 rings (SSSR count). The molecule has 0 aromatic carbocycles. The summed E-state index contributed by atoms with van der Waals surface area (Å²) in [6.45, 7) is 4.33. The summed E-state index contributed by atoms with van der Waals surface area (Å²) in [6, 6.07) is 2.08. The Morgan fingerprint density at radius 3 is 3.00 bits per heavy atom. The van der Waals surface area contributed by atoms with Crippen LogP contribution in [0.3, 0.4) is 0 Å². The molecule has 0 spiro atoms. The van der Waals surface area contributed by atoms with E-state index in [9.17, 15) is 0 Å². The molecule has 0 radical (unpaired) electrons. The van der Waals surface area contributed by atoms with Crippen LogP contribution in [-0.4, -0.2) is 15.1 Å². The van der Waals surface area contributed by atoms with E-state index in [0.29, 0.717) is 6.54 Å². The number of nitriles is 1. The third-order valence-corrected chi connectivity index (χ3v) is 2.03. The van der Waals surface area contributed by atoms with Crippen molar-refractivity contribution >= 4 is 0 Å². The summed E-state index contributed by atoms with van der Waals surface area (Å²) in [7, 11) is 0. The molecule has 0 aliphatic heterocycles. The van der Waals surface area contributed by atoms with Gasteiger partial charge in [-0.25, -0.2) is 4.98 Å². The van der Waals surface area contributed by atoms with E-state index in [2.05, 4.69) is 18.0 Å². The molecule has 76 valence electrons. The van der Waals surface area contributed by atoms with Gasteiger partial charge in [0.15, 0.2) is 0 Å². The maximum absolute atomic E-state index is 8.80. The van der Waals surface area contributed by atoms with Crippen molar-refractivity contribution in [3.05, 3.63) is 18.2 Å². The molecule has 1 aromatic rings. The molecule has 0 saturated carbocycles. The van der Waals surface area contributed by atoms with Gasteiger partial charge in [0, 0.05) is 18.8 Å². The Labute approximate surface area is 84.4 Å². The van der Waals surface area contributed by atoms with E-state index in [1.807, 2.05) is 10.8 Å². The first-order valence-corrected chi connectivity index (χ1v) is 4.79. The van der Waals surface area contributed by atoms with Crippen LogP contribution in [0.1, 0.15) is 26.1 Å². The smallest absolute Gasteiger partial charge is 0.119 e. The van der Waals surface area contributed by atoms with Gasteiger partial charge in [-0.1, -0.05) is 6.92 Å². The van der Waals surface area contributed by atoms with Crippen molar-refractivity contribution < 1.29 is 0 Å².